The summed E-state index contributed by atoms with van der Waals surface area (Å²) in [6.45, 7) is 2.07. The Morgan fingerprint density at radius 2 is 1.77 bits per heavy atom. The smallest absolute Gasteiger partial charge is 0.161 e. The standard InChI is InChI=1S/C23H16FNO/c1-14-6-8-15(9-7-14)20-12-16-4-2-3-5-18(16)23-22(25-20)19-13-17(24)10-11-21(19)26-23/h2-11,13H,12H2,1H3. The molecule has 5 rings (SSSR count). The summed E-state index contributed by atoms with van der Waals surface area (Å²) in [7, 11) is 0. The van der Waals surface area contributed by atoms with Crippen molar-refractivity contribution in [3.63, 3.8) is 0 Å². The number of hydrogen-bond acceptors (Lipinski definition) is 2. The van der Waals surface area contributed by atoms with Crippen molar-refractivity contribution in [3.05, 3.63) is 89.2 Å². The van der Waals surface area contributed by atoms with Gasteiger partial charge >= 0.3 is 0 Å². The molecule has 1 aliphatic heterocycles. The molecule has 4 aromatic rings. The van der Waals surface area contributed by atoms with Crippen molar-refractivity contribution < 1.29 is 8.81 Å². The van der Waals surface area contributed by atoms with Crippen molar-refractivity contribution in [1.29, 1.82) is 0 Å². The zero-order valence-corrected chi connectivity index (χ0v) is 14.3. The summed E-state index contributed by atoms with van der Waals surface area (Å²) in [5, 5.41) is 0.710. The number of aryl methyl sites for hydroxylation is 1. The van der Waals surface area contributed by atoms with Gasteiger partial charge < -0.3 is 4.42 Å². The van der Waals surface area contributed by atoms with E-state index in [0.717, 1.165) is 22.4 Å². The van der Waals surface area contributed by atoms with Gasteiger partial charge in [0.05, 0.1) is 5.71 Å². The highest BCUT2D eigenvalue weighted by molar-refractivity contribution is 6.09. The maximum absolute atomic E-state index is 13.9. The first-order valence-electron chi connectivity index (χ1n) is 8.64. The second-order valence-electron chi connectivity index (χ2n) is 6.68. The minimum atomic E-state index is -0.286. The Bertz CT molecular complexity index is 1170. The fourth-order valence-electron chi connectivity index (χ4n) is 3.51. The highest BCUT2D eigenvalue weighted by Gasteiger charge is 2.23. The van der Waals surface area contributed by atoms with Crippen molar-refractivity contribution in [2.45, 2.75) is 13.3 Å². The third-order valence-corrected chi connectivity index (χ3v) is 4.88. The van der Waals surface area contributed by atoms with E-state index in [9.17, 15) is 4.39 Å². The Kier molecular flexibility index (Phi) is 3.29. The van der Waals surface area contributed by atoms with Crippen LogP contribution < -0.4 is 0 Å². The topological polar surface area (TPSA) is 25.5 Å². The Labute approximate surface area is 150 Å². The van der Waals surface area contributed by atoms with E-state index in [2.05, 4.69) is 37.3 Å². The molecule has 0 fully saturated rings. The molecule has 26 heavy (non-hydrogen) atoms. The van der Waals surface area contributed by atoms with Crippen LogP contribution in [0.1, 0.15) is 16.7 Å². The van der Waals surface area contributed by atoms with Crippen LogP contribution in [0.25, 0.3) is 22.3 Å². The lowest BCUT2D eigenvalue weighted by molar-refractivity contribution is 0.619. The maximum Gasteiger partial charge on any atom is 0.161 e. The summed E-state index contributed by atoms with van der Waals surface area (Å²) in [6.07, 6.45) is 0.709. The molecule has 1 aliphatic rings. The molecule has 0 spiro atoms. The van der Waals surface area contributed by atoms with Crippen molar-refractivity contribution in [2.24, 2.45) is 4.99 Å². The lowest BCUT2D eigenvalue weighted by Gasteiger charge is -2.07. The third-order valence-electron chi connectivity index (χ3n) is 4.88. The summed E-state index contributed by atoms with van der Waals surface area (Å²) in [5.74, 6) is 0.425. The predicted octanol–water partition coefficient (Wildman–Crippen LogP) is 6.22. The number of benzene rings is 3. The molecular weight excluding hydrogens is 325 g/mol. The van der Waals surface area contributed by atoms with Crippen LogP contribution in [-0.2, 0) is 6.42 Å². The normalized spacial score (nSPS) is 13.1. The van der Waals surface area contributed by atoms with E-state index in [-0.39, 0.29) is 5.82 Å². The van der Waals surface area contributed by atoms with Crippen LogP contribution in [0.15, 0.2) is 76.1 Å². The summed E-state index contributed by atoms with van der Waals surface area (Å²) < 4.78 is 19.9. The lowest BCUT2D eigenvalue weighted by Crippen LogP contribution is -2.04. The number of halogens is 1. The minimum absolute atomic E-state index is 0.286. The minimum Gasteiger partial charge on any atom is -0.454 e. The molecule has 2 heterocycles. The second kappa shape index (κ2) is 5.67. The molecule has 2 nitrogen and oxygen atoms in total. The van der Waals surface area contributed by atoms with Crippen LogP contribution in [0.4, 0.5) is 10.1 Å². The number of furan rings is 1. The molecule has 126 valence electrons. The van der Waals surface area contributed by atoms with E-state index in [4.69, 9.17) is 9.41 Å². The van der Waals surface area contributed by atoms with Crippen LogP contribution in [0.2, 0.25) is 0 Å². The first-order chi connectivity index (χ1) is 12.7. The largest absolute Gasteiger partial charge is 0.454 e. The van der Waals surface area contributed by atoms with Gasteiger partial charge in [0, 0.05) is 17.4 Å². The quantitative estimate of drug-likeness (QED) is 0.403. The molecule has 0 bridgehead atoms. The Hall–Kier alpha value is -3.20. The van der Waals surface area contributed by atoms with Crippen LogP contribution in [-0.4, -0.2) is 5.71 Å². The van der Waals surface area contributed by atoms with Gasteiger partial charge in [0.25, 0.3) is 0 Å². The number of rotatable bonds is 1. The summed E-state index contributed by atoms with van der Waals surface area (Å²) >= 11 is 0. The Balaban J connectivity index is 1.83. The van der Waals surface area contributed by atoms with E-state index >= 15 is 0 Å². The zero-order valence-electron chi connectivity index (χ0n) is 14.3. The van der Waals surface area contributed by atoms with Crippen LogP contribution in [0.3, 0.4) is 0 Å². The molecule has 1 aromatic heterocycles. The summed E-state index contributed by atoms with van der Waals surface area (Å²) in [4.78, 5) is 4.94. The van der Waals surface area contributed by atoms with Gasteiger partial charge in [0.1, 0.15) is 17.1 Å². The molecule has 0 saturated heterocycles. The number of fused-ring (bicyclic) bond motifs is 5. The van der Waals surface area contributed by atoms with E-state index in [1.165, 1.54) is 17.7 Å². The van der Waals surface area contributed by atoms with Gasteiger partial charge in [0.15, 0.2) is 5.76 Å². The molecule has 0 atom stereocenters. The lowest BCUT2D eigenvalue weighted by atomic mass is 9.97. The molecule has 0 saturated carbocycles. The van der Waals surface area contributed by atoms with Crippen molar-refractivity contribution >= 4 is 22.4 Å². The second-order valence-corrected chi connectivity index (χ2v) is 6.68. The first kappa shape index (κ1) is 15.1. The van der Waals surface area contributed by atoms with Gasteiger partial charge in [-0.05, 0) is 36.2 Å². The SMILES string of the molecule is Cc1ccc(C2=Nc3c(oc4ccc(F)cc34)-c3ccccc3C2)cc1. The highest BCUT2D eigenvalue weighted by atomic mass is 19.1. The Morgan fingerprint density at radius 1 is 0.962 bits per heavy atom. The van der Waals surface area contributed by atoms with Gasteiger partial charge in [-0.1, -0.05) is 54.1 Å². The van der Waals surface area contributed by atoms with E-state index in [1.54, 1.807) is 6.07 Å². The number of hydrogen-bond donors (Lipinski definition) is 0. The van der Waals surface area contributed by atoms with Gasteiger partial charge in [-0.3, -0.25) is 0 Å². The van der Waals surface area contributed by atoms with Gasteiger partial charge in [-0.15, -0.1) is 0 Å². The van der Waals surface area contributed by atoms with Crippen LogP contribution in [0, 0.1) is 12.7 Å². The molecule has 0 aliphatic carbocycles. The van der Waals surface area contributed by atoms with Gasteiger partial charge in [-0.2, -0.15) is 0 Å². The fourth-order valence-corrected chi connectivity index (χ4v) is 3.51. The molecule has 0 amide bonds. The molecule has 0 radical (unpaired) electrons. The third kappa shape index (κ3) is 2.36. The molecule has 0 unspecified atom stereocenters. The van der Waals surface area contributed by atoms with Gasteiger partial charge in [0.2, 0.25) is 0 Å². The molecule has 3 aromatic carbocycles. The zero-order chi connectivity index (χ0) is 17.7. The van der Waals surface area contributed by atoms with Crippen molar-refractivity contribution in [1.82, 2.24) is 0 Å². The average Bonchev–Trinajstić information content (AvgIpc) is 2.91. The molecular formula is C23H16FNO. The van der Waals surface area contributed by atoms with Crippen LogP contribution >= 0.6 is 0 Å². The van der Waals surface area contributed by atoms with E-state index in [0.29, 0.717) is 28.8 Å². The molecule has 0 N–H and O–H groups in total. The van der Waals surface area contributed by atoms with Gasteiger partial charge in [-0.25, -0.2) is 9.38 Å². The molecule has 3 heteroatoms. The van der Waals surface area contributed by atoms with Crippen molar-refractivity contribution in [2.75, 3.05) is 0 Å². The summed E-state index contributed by atoms with van der Waals surface area (Å²) in [5.41, 5.74) is 6.78. The van der Waals surface area contributed by atoms with E-state index in [1.807, 2.05) is 18.2 Å². The average molecular weight is 341 g/mol. The van der Waals surface area contributed by atoms with Crippen LogP contribution in [0.5, 0.6) is 0 Å². The van der Waals surface area contributed by atoms with Crippen molar-refractivity contribution in [3.8, 4) is 11.3 Å². The Morgan fingerprint density at radius 3 is 2.62 bits per heavy atom. The fraction of sp³-hybridized carbons (Fsp3) is 0.0870. The maximum atomic E-state index is 13.9. The highest BCUT2D eigenvalue weighted by Crippen LogP contribution is 2.43. The van der Waals surface area contributed by atoms with E-state index < -0.39 is 0 Å². The predicted molar refractivity (Wildman–Crippen MR) is 103 cm³/mol. The first-order valence-corrected chi connectivity index (χ1v) is 8.64. The number of nitrogens with zero attached hydrogens (tertiary/aromatic N) is 1. The number of aliphatic imine (C=N–C) groups is 1. The monoisotopic (exact) mass is 341 g/mol. The summed E-state index contributed by atoms with van der Waals surface area (Å²) in [6, 6.07) is 21.1.